The summed E-state index contributed by atoms with van der Waals surface area (Å²) >= 11 is 0. The Bertz CT molecular complexity index is 391. The van der Waals surface area contributed by atoms with Gasteiger partial charge in [0.1, 0.15) is 0 Å². The predicted molar refractivity (Wildman–Crippen MR) is 82.6 cm³/mol. The Kier molecular flexibility index (Phi) is 7.31. The Morgan fingerprint density at radius 2 is 1.90 bits per heavy atom. The number of aliphatic hydroxyl groups excluding tert-OH is 1. The molecule has 3 unspecified atom stereocenters. The second kappa shape index (κ2) is 8.75. The van der Waals surface area contributed by atoms with Crippen molar-refractivity contribution in [3.63, 3.8) is 0 Å². The number of benzene rings is 1. The molecule has 0 aliphatic heterocycles. The van der Waals surface area contributed by atoms with Gasteiger partial charge in [0.2, 0.25) is 5.91 Å². The summed E-state index contributed by atoms with van der Waals surface area (Å²) in [4.78, 5) is 12.4. The first kappa shape index (κ1) is 16.7. The number of nitrogens with one attached hydrogen (secondary N) is 1. The molecule has 2 N–H and O–H groups in total. The average molecular weight is 277 g/mol. The van der Waals surface area contributed by atoms with Crippen molar-refractivity contribution in [3.05, 3.63) is 35.9 Å². The quantitative estimate of drug-likeness (QED) is 0.767. The highest BCUT2D eigenvalue weighted by Crippen LogP contribution is 2.27. The molecule has 0 saturated heterocycles. The van der Waals surface area contributed by atoms with Crippen LogP contribution in [0.2, 0.25) is 0 Å². The van der Waals surface area contributed by atoms with Gasteiger partial charge in [-0.05, 0) is 17.9 Å². The van der Waals surface area contributed by atoms with E-state index in [0.29, 0.717) is 6.54 Å². The Hall–Kier alpha value is -1.35. The van der Waals surface area contributed by atoms with Crippen LogP contribution in [0.15, 0.2) is 30.3 Å². The average Bonchev–Trinajstić information content (AvgIpc) is 2.46. The summed E-state index contributed by atoms with van der Waals surface area (Å²) in [5, 5.41) is 12.6. The van der Waals surface area contributed by atoms with Crippen molar-refractivity contribution in [1.29, 1.82) is 0 Å². The number of carbonyl (C=O) groups excluding carboxylic acids is 1. The monoisotopic (exact) mass is 277 g/mol. The summed E-state index contributed by atoms with van der Waals surface area (Å²) in [5.74, 6) is 0.149. The van der Waals surface area contributed by atoms with E-state index in [9.17, 15) is 9.90 Å². The number of carbonyl (C=O) groups is 1. The number of rotatable bonds is 8. The molecule has 0 aromatic heterocycles. The lowest BCUT2D eigenvalue weighted by atomic mass is 9.85. The minimum atomic E-state index is -0.447. The first-order valence-electron chi connectivity index (χ1n) is 7.60. The lowest BCUT2D eigenvalue weighted by molar-refractivity contribution is -0.124. The number of hydrogen-bond donors (Lipinski definition) is 2. The van der Waals surface area contributed by atoms with Crippen LogP contribution < -0.4 is 5.32 Å². The van der Waals surface area contributed by atoms with E-state index in [2.05, 4.69) is 19.2 Å². The van der Waals surface area contributed by atoms with Gasteiger partial charge in [0, 0.05) is 6.54 Å². The third-order valence-electron chi connectivity index (χ3n) is 3.79. The third-order valence-corrected chi connectivity index (χ3v) is 3.79. The zero-order chi connectivity index (χ0) is 15.0. The normalized spacial score (nSPS) is 15.4. The van der Waals surface area contributed by atoms with Crippen molar-refractivity contribution in [2.24, 2.45) is 5.92 Å². The molecule has 0 radical (unpaired) electrons. The van der Waals surface area contributed by atoms with E-state index < -0.39 is 6.10 Å². The molecule has 0 spiro atoms. The van der Waals surface area contributed by atoms with Gasteiger partial charge in [0.15, 0.2) is 0 Å². The summed E-state index contributed by atoms with van der Waals surface area (Å²) in [6.07, 6.45) is 2.14. The van der Waals surface area contributed by atoms with Crippen LogP contribution in [0.25, 0.3) is 0 Å². The minimum absolute atomic E-state index is 0.0145. The van der Waals surface area contributed by atoms with Crippen LogP contribution in [-0.2, 0) is 4.79 Å². The molecule has 112 valence electrons. The predicted octanol–water partition coefficient (Wildman–Crippen LogP) is 3.09. The largest absolute Gasteiger partial charge is 0.391 e. The standard InChI is InChI=1S/C17H27NO2/c1-4-9-15(19)12-18-17(20)16(13(3)5-2)14-10-7-6-8-11-14/h6-8,10-11,13,15-16,19H,4-5,9,12H2,1-3H3,(H,18,20). The van der Waals surface area contributed by atoms with Crippen LogP contribution in [0, 0.1) is 5.92 Å². The zero-order valence-electron chi connectivity index (χ0n) is 12.8. The number of hydrogen-bond acceptors (Lipinski definition) is 2. The molecule has 0 bridgehead atoms. The summed E-state index contributed by atoms with van der Waals surface area (Å²) in [6.45, 7) is 6.56. The number of aliphatic hydroxyl groups is 1. The molecule has 20 heavy (non-hydrogen) atoms. The van der Waals surface area contributed by atoms with E-state index in [1.54, 1.807) is 0 Å². The molecule has 3 heteroatoms. The topological polar surface area (TPSA) is 49.3 Å². The van der Waals surface area contributed by atoms with Gasteiger partial charge < -0.3 is 10.4 Å². The van der Waals surface area contributed by atoms with E-state index >= 15 is 0 Å². The molecule has 1 aromatic rings. The lowest BCUT2D eigenvalue weighted by Crippen LogP contribution is -2.37. The molecular formula is C17H27NO2. The van der Waals surface area contributed by atoms with Gasteiger partial charge in [-0.3, -0.25) is 4.79 Å². The van der Waals surface area contributed by atoms with Crippen LogP contribution in [-0.4, -0.2) is 23.7 Å². The van der Waals surface area contributed by atoms with Crippen LogP contribution in [0.3, 0.4) is 0 Å². The Balaban J connectivity index is 2.71. The van der Waals surface area contributed by atoms with Gasteiger partial charge in [-0.15, -0.1) is 0 Å². The van der Waals surface area contributed by atoms with E-state index in [1.165, 1.54) is 0 Å². The Labute approximate surface area is 122 Å². The van der Waals surface area contributed by atoms with Crippen LogP contribution in [0.1, 0.15) is 51.5 Å². The highest BCUT2D eigenvalue weighted by atomic mass is 16.3. The smallest absolute Gasteiger partial charge is 0.227 e. The molecule has 0 aliphatic rings. The maximum atomic E-state index is 12.4. The fourth-order valence-electron chi connectivity index (χ4n) is 2.40. The first-order chi connectivity index (χ1) is 9.60. The maximum Gasteiger partial charge on any atom is 0.227 e. The van der Waals surface area contributed by atoms with Crippen molar-refractivity contribution in [1.82, 2.24) is 5.32 Å². The molecule has 1 aromatic carbocycles. The van der Waals surface area contributed by atoms with Crippen molar-refractivity contribution in [2.75, 3.05) is 6.54 Å². The molecule has 0 saturated carbocycles. The molecular weight excluding hydrogens is 250 g/mol. The Morgan fingerprint density at radius 3 is 2.45 bits per heavy atom. The van der Waals surface area contributed by atoms with E-state index in [-0.39, 0.29) is 17.7 Å². The van der Waals surface area contributed by atoms with E-state index in [0.717, 1.165) is 24.8 Å². The first-order valence-corrected chi connectivity index (χ1v) is 7.60. The fourth-order valence-corrected chi connectivity index (χ4v) is 2.40. The summed E-state index contributed by atoms with van der Waals surface area (Å²) < 4.78 is 0. The summed E-state index contributed by atoms with van der Waals surface area (Å²) in [5.41, 5.74) is 1.05. The molecule has 0 fully saturated rings. The van der Waals surface area contributed by atoms with Gasteiger partial charge >= 0.3 is 0 Å². The third kappa shape index (κ3) is 4.97. The molecule has 1 amide bonds. The summed E-state index contributed by atoms with van der Waals surface area (Å²) in [6, 6.07) is 9.88. The summed E-state index contributed by atoms with van der Waals surface area (Å²) in [7, 11) is 0. The van der Waals surface area contributed by atoms with Crippen LogP contribution >= 0.6 is 0 Å². The second-order valence-corrected chi connectivity index (χ2v) is 5.46. The number of amides is 1. The van der Waals surface area contributed by atoms with Gasteiger partial charge in [-0.1, -0.05) is 63.9 Å². The van der Waals surface area contributed by atoms with Crippen LogP contribution in [0.4, 0.5) is 0 Å². The van der Waals surface area contributed by atoms with E-state index in [1.807, 2.05) is 37.3 Å². The Morgan fingerprint density at radius 1 is 1.25 bits per heavy atom. The highest BCUT2D eigenvalue weighted by molar-refractivity contribution is 5.83. The SMILES string of the molecule is CCCC(O)CNC(=O)C(c1ccccc1)C(C)CC. The van der Waals surface area contributed by atoms with Gasteiger partial charge in [0.05, 0.1) is 12.0 Å². The lowest BCUT2D eigenvalue weighted by Gasteiger charge is -2.23. The van der Waals surface area contributed by atoms with Crippen molar-refractivity contribution in [2.45, 2.75) is 52.1 Å². The molecule has 0 heterocycles. The minimum Gasteiger partial charge on any atom is -0.391 e. The van der Waals surface area contributed by atoms with Gasteiger partial charge in [-0.2, -0.15) is 0 Å². The molecule has 1 rings (SSSR count). The van der Waals surface area contributed by atoms with Gasteiger partial charge in [-0.25, -0.2) is 0 Å². The maximum absolute atomic E-state index is 12.4. The van der Waals surface area contributed by atoms with Crippen molar-refractivity contribution >= 4 is 5.91 Å². The second-order valence-electron chi connectivity index (χ2n) is 5.46. The molecule has 3 nitrogen and oxygen atoms in total. The zero-order valence-corrected chi connectivity index (χ0v) is 12.8. The van der Waals surface area contributed by atoms with Crippen molar-refractivity contribution < 1.29 is 9.90 Å². The highest BCUT2D eigenvalue weighted by Gasteiger charge is 2.25. The molecule has 3 atom stereocenters. The fraction of sp³-hybridized carbons (Fsp3) is 0.588. The van der Waals surface area contributed by atoms with E-state index in [4.69, 9.17) is 0 Å². The molecule has 0 aliphatic carbocycles. The van der Waals surface area contributed by atoms with Gasteiger partial charge in [0.25, 0.3) is 0 Å². The van der Waals surface area contributed by atoms with Crippen molar-refractivity contribution in [3.8, 4) is 0 Å². The van der Waals surface area contributed by atoms with Crippen LogP contribution in [0.5, 0.6) is 0 Å².